The van der Waals surface area contributed by atoms with Crippen molar-refractivity contribution in [2.75, 3.05) is 5.32 Å². The third-order valence-electron chi connectivity index (χ3n) is 4.17. The van der Waals surface area contributed by atoms with Crippen LogP contribution < -0.4 is 5.32 Å². The molecule has 0 aliphatic heterocycles. The van der Waals surface area contributed by atoms with Crippen LogP contribution in [0, 0.1) is 0 Å². The van der Waals surface area contributed by atoms with E-state index < -0.39 is 28.4 Å². The topological polar surface area (TPSA) is 80.0 Å². The number of carbonyl (C=O) groups excluding carboxylic acids is 1. The van der Waals surface area contributed by atoms with Gasteiger partial charge in [-0.2, -0.15) is 13.2 Å². The van der Waals surface area contributed by atoms with Gasteiger partial charge in [-0.05, 0) is 39.2 Å². The van der Waals surface area contributed by atoms with Crippen LogP contribution in [0.5, 0.6) is 0 Å². The van der Waals surface area contributed by atoms with Crippen LogP contribution in [0.15, 0.2) is 6.07 Å². The fourth-order valence-electron chi connectivity index (χ4n) is 2.84. The molecule has 1 aliphatic carbocycles. The van der Waals surface area contributed by atoms with Gasteiger partial charge in [0.1, 0.15) is 5.52 Å². The van der Waals surface area contributed by atoms with E-state index in [0.717, 1.165) is 25.3 Å². The molecule has 0 aromatic carbocycles. The second-order valence-electron chi connectivity index (χ2n) is 7.09. The first kappa shape index (κ1) is 18.9. The van der Waals surface area contributed by atoms with Gasteiger partial charge in [-0.15, -0.1) is 0 Å². The van der Waals surface area contributed by atoms with Crippen LogP contribution in [0.1, 0.15) is 51.3 Å². The number of pyridine rings is 1. The number of amides is 1. The van der Waals surface area contributed by atoms with Crippen molar-refractivity contribution in [2.24, 2.45) is 0 Å². The van der Waals surface area contributed by atoms with Crippen molar-refractivity contribution in [3.63, 3.8) is 0 Å². The SMILES string of the molecule is CC(C)(O)CC(=O)Nc1nc2cc(Cl)c(C(F)(F)F)nc2n1C1CCC1. The van der Waals surface area contributed by atoms with Crippen LogP contribution in [-0.4, -0.2) is 31.1 Å². The van der Waals surface area contributed by atoms with Crippen molar-refractivity contribution in [2.45, 2.75) is 57.3 Å². The molecule has 0 bridgehead atoms. The predicted molar refractivity (Wildman–Crippen MR) is 90.0 cm³/mol. The van der Waals surface area contributed by atoms with Crippen molar-refractivity contribution in [3.8, 4) is 0 Å². The van der Waals surface area contributed by atoms with Gasteiger partial charge >= 0.3 is 6.18 Å². The van der Waals surface area contributed by atoms with Gasteiger partial charge in [-0.25, -0.2) is 9.97 Å². The summed E-state index contributed by atoms with van der Waals surface area (Å²) in [5.41, 5.74) is -2.19. The summed E-state index contributed by atoms with van der Waals surface area (Å²) in [6.07, 6.45) is -2.43. The van der Waals surface area contributed by atoms with Crippen molar-refractivity contribution >= 4 is 34.6 Å². The van der Waals surface area contributed by atoms with E-state index in [-0.39, 0.29) is 29.6 Å². The lowest BCUT2D eigenvalue weighted by Crippen LogP contribution is -2.29. The lowest BCUT2D eigenvalue weighted by Gasteiger charge is -2.28. The van der Waals surface area contributed by atoms with Crippen LogP contribution >= 0.6 is 11.6 Å². The minimum atomic E-state index is -4.69. The molecule has 0 saturated heterocycles. The van der Waals surface area contributed by atoms with Crippen molar-refractivity contribution in [1.29, 1.82) is 0 Å². The van der Waals surface area contributed by atoms with E-state index in [0.29, 0.717) is 0 Å². The highest BCUT2D eigenvalue weighted by atomic mass is 35.5. The van der Waals surface area contributed by atoms with Gasteiger partial charge in [0.05, 0.1) is 17.0 Å². The summed E-state index contributed by atoms with van der Waals surface area (Å²) < 4.78 is 40.9. The van der Waals surface area contributed by atoms with E-state index in [9.17, 15) is 23.1 Å². The Hall–Kier alpha value is -1.87. The summed E-state index contributed by atoms with van der Waals surface area (Å²) in [7, 11) is 0. The minimum absolute atomic E-state index is 0.0324. The van der Waals surface area contributed by atoms with E-state index in [1.807, 2.05) is 0 Å². The van der Waals surface area contributed by atoms with Gasteiger partial charge in [0.15, 0.2) is 11.3 Å². The number of hydrogen-bond donors (Lipinski definition) is 2. The van der Waals surface area contributed by atoms with E-state index in [1.54, 1.807) is 0 Å². The molecule has 0 radical (unpaired) electrons. The maximum atomic E-state index is 13.1. The van der Waals surface area contributed by atoms with E-state index in [2.05, 4.69) is 15.3 Å². The molecular formula is C16H18ClF3N4O2. The molecule has 0 spiro atoms. The van der Waals surface area contributed by atoms with Gasteiger partial charge in [-0.1, -0.05) is 11.6 Å². The number of aromatic nitrogens is 3. The van der Waals surface area contributed by atoms with E-state index >= 15 is 0 Å². The normalized spacial score (nSPS) is 16.0. The number of alkyl halides is 3. The Labute approximate surface area is 152 Å². The Balaban J connectivity index is 2.07. The first-order chi connectivity index (χ1) is 12.0. The summed E-state index contributed by atoms with van der Waals surface area (Å²) in [5.74, 6) is -0.377. The number of hydrogen-bond acceptors (Lipinski definition) is 4. The molecule has 1 fully saturated rings. The highest BCUT2D eigenvalue weighted by Gasteiger charge is 2.37. The smallest absolute Gasteiger partial charge is 0.390 e. The number of carbonyl (C=O) groups is 1. The summed E-state index contributed by atoms with van der Waals surface area (Å²) >= 11 is 5.72. The highest BCUT2D eigenvalue weighted by molar-refractivity contribution is 6.31. The molecule has 0 unspecified atom stereocenters. The first-order valence-electron chi connectivity index (χ1n) is 8.13. The maximum Gasteiger partial charge on any atom is 0.434 e. The number of nitrogens with zero attached hydrogens (tertiary/aromatic N) is 3. The zero-order chi connectivity index (χ0) is 19.3. The zero-order valence-corrected chi connectivity index (χ0v) is 14.9. The standard InChI is InChI=1S/C16H18ClF3N4O2/c1-15(2,26)7-11(25)22-14-21-10-6-9(17)12(16(18,19)20)23-13(10)24(14)8-4-3-5-8/h6,8,26H,3-5,7H2,1-2H3,(H,21,22,25). The quantitative estimate of drug-likeness (QED) is 0.829. The Morgan fingerprint density at radius 1 is 1.38 bits per heavy atom. The Bertz CT molecular complexity index is 854. The summed E-state index contributed by atoms with van der Waals surface area (Å²) in [6, 6.07) is 1.01. The van der Waals surface area contributed by atoms with Crippen molar-refractivity contribution in [1.82, 2.24) is 14.5 Å². The maximum absolute atomic E-state index is 13.1. The molecule has 1 amide bonds. The van der Waals surface area contributed by atoms with Gasteiger partial charge in [0.2, 0.25) is 11.9 Å². The molecule has 2 aromatic heterocycles. The summed E-state index contributed by atoms with van der Waals surface area (Å²) in [5, 5.41) is 11.8. The lowest BCUT2D eigenvalue weighted by molar-refractivity contribution is -0.140. The number of imidazole rings is 1. The van der Waals surface area contributed by atoms with Crippen LogP contribution in [0.25, 0.3) is 11.2 Å². The minimum Gasteiger partial charge on any atom is -0.390 e. The van der Waals surface area contributed by atoms with Crippen LogP contribution in [-0.2, 0) is 11.0 Å². The molecular weight excluding hydrogens is 373 g/mol. The molecule has 0 atom stereocenters. The van der Waals surface area contributed by atoms with Gasteiger partial charge in [0.25, 0.3) is 0 Å². The van der Waals surface area contributed by atoms with Gasteiger partial charge in [-0.3, -0.25) is 14.7 Å². The average Bonchev–Trinajstić information content (AvgIpc) is 2.70. The Morgan fingerprint density at radius 3 is 2.54 bits per heavy atom. The number of rotatable bonds is 4. The van der Waals surface area contributed by atoms with E-state index in [1.165, 1.54) is 18.4 Å². The first-order valence-corrected chi connectivity index (χ1v) is 8.51. The molecule has 10 heteroatoms. The fourth-order valence-corrected chi connectivity index (χ4v) is 3.09. The summed E-state index contributed by atoms with van der Waals surface area (Å²) in [6.45, 7) is 2.97. The molecule has 1 aliphatic rings. The molecule has 2 aromatic rings. The van der Waals surface area contributed by atoms with Crippen molar-refractivity contribution in [3.05, 3.63) is 16.8 Å². The Morgan fingerprint density at radius 2 is 2.04 bits per heavy atom. The average molecular weight is 391 g/mol. The molecule has 2 heterocycles. The highest BCUT2D eigenvalue weighted by Crippen LogP contribution is 2.40. The summed E-state index contributed by atoms with van der Waals surface area (Å²) in [4.78, 5) is 20.0. The van der Waals surface area contributed by atoms with Crippen LogP contribution in [0.3, 0.4) is 0 Å². The predicted octanol–water partition coefficient (Wildman–Crippen LogP) is 3.93. The largest absolute Gasteiger partial charge is 0.434 e. The van der Waals surface area contributed by atoms with Crippen LogP contribution in [0.4, 0.5) is 19.1 Å². The molecule has 2 N–H and O–H groups in total. The molecule has 1 saturated carbocycles. The number of fused-ring (bicyclic) bond motifs is 1. The van der Waals surface area contributed by atoms with Gasteiger partial charge < -0.3 is 5.11 Å². The van der Waals surface area contributed by atoms with E-state index in [4.69, 9.17) is 11.6 Å². The number of aliphatic hydroxyl groups is 1. The lowest BCUT2D eigenvalue weighted by atomic mass is 9.93. The van der Waals surface area contributed by atoms with Crippen LogP contribution in [0.2, 0.25) is 5.02 Å². The van der Waals surface area contributed by atoms with Gasteiger partial charge in [0, 0.05) is 6.04 Å². The number of anilines is 1. The molecule has 26 heavy (non-hydrogen) atoms. The zero-order valence-electron chi connectivity index (χ0n) is 14.2. The van der Waals surface area contributed by atoms with Crippen molar-refractivity contribution < 1.29 is 23.1 Å². The Kier molecular flexibility index (Phi) is 4.64. The molecule has 142 valence electrons. The fraction of sp³-hybridized carbons (Fsp3) is 0.562. The number of halogens is 4. The third-order valence-corrected chi connectivity index (χ3v) is 4.46. The molecule has 3 rings (SSSR count). The monoisotopic (exact) mass is 390 g/mol. The second kappa shape index (κ2) is 6.38. The molecule has 6 nitrogen and oxygen atoms in total. The third kappa shape index (κ3) is 3.78. The number of nitrogens with one attached hydrogen (secondary N) is 1. The second-order valence-corrected chi connectivity index (χ2v) is 7.49.